The highest BCUT2D eigenvalue weighted by Crippen LogP contribution is 2.41. The number of rotatable bonds is 3. The second-order valence-corrected chi connectivity index (χ2v) is 8.70. The normalized spacial score (nSPS) is 24.8. The molecule has 0 saturated carbocycles. The maximum atomic E-state index is 6.08. The van der Waals surface area contributed by atoms with Crippen molar-refractivity contribution in [2.75, 3.05) is 50.9 Å². The van der Waals surface area contributed by atoms with Gasteiger partial charge in [-0.1, -0.05) is 24.3 Å². The fraction of sp³-hybridized carbons (Fsp3) is 0.565. The van der Waals surface area contributed by atoms with Crippen molar-refractivity contribution >= 4 is 5.95 Å². The van der Waals surface area contributed by atoms with Gasteiger partial charge in [0.25, 0.3) is 0 Å². The average Bonchev–Trinajstić information content (AvgIpc) is 3.14. The summed E-state index contributed by atoms with van der Waals surface area (Å²) in [6.45, 7) is 12.0. The molecule has 4 heterocycles. The number of morpholine rings is 1. The molecular formula is C23H30N4O2. The average molecular weight is 395 g/mol. The van der Waals surface area contributed by atoms with Gasteiger partial charge in [0.15, 0.2) is 0 Å². The third-order valence-corrected chi connectivity index (χ3v) is 6.71. The minimum absolute atomic E-state index is 0.0228. The van der Waals surface area contributed by atoms with Gasteiger partial charge >= 0.3 is 0 Å². The first-order valence-electron chi connectivity index (χ1n) is 10.7. The molecule has 2 fully saturated rings. The van der Waals surface area contributed by atoms with Gasteiger partial charge in [0.05, 0.1) is 37.5 Å². The minimum atomic E-state index is -0.0228. The molecule has 1 aromatic carbocycles. The zero-order chi connectivity index (χ0) is 19.8. The fourth-order valence-electron chi connectivity index (χ4n) is 4.95. The van der Waals surface area contributed by atoms with E-state index in [0.29, 0.717) is 6.61 Å². The van der Waals surface area contributed by atoms with E-state index in [1.165, 1.54) is 22.4 Å². The van der Waals surface area contributed by atoms with Gasteiger partial charge in [-0.2, -0.15) is 0 Å². The second-order valence-electron chi connectivity index (χ2n) is 8.70. The summed E-state index contributed by atoms with van der Waals surface area (Å²) in [5.41, 5.74) is 6.24. The SMILES string of the molecule is Cc1ccccc1CN1CCC2(COCc3c(C)nc(N4CCOCC4)nc32)C1. The zero-order valence-electron chi connectivity index (χ0n) is 17.5. The van der Waals surface area contributed by atoms with Gasteiger partial charge in [-0.3, -0.25) is 4.90 Å². The Morgan fingerprint density at radius 2 is 1.86 bits per heavy atom. The van der Waals surface area contributed by atoms with E-state index in [9.17, 15) is 0 Å². The van der Waals surface area contributed by atoms with Gasteiger partial charge in [0, 0.05) is 37.4 Å². The largest absolute Gasteiger partial charge is 0.378 e. The molecule has 6 heteroatoms. The summed E-state index contributed by atoms with van der Waals surface area (Å²) in [6.07, 6.45) is 1.09. The Labute approximate surface area is 172 Å². The topological polar surface area (TPSA) is 50.7 Å². The highest BCUT2D eigenvalue weighted by Gasteiger charge is 2.45. The van der Waals surface area contributed by atoms with E-state index in [1.807, 2.05) is 0 Å². The smallest absolute Gasteiger partial charge is 0.225 e. The number of anilines is 1. The van der Waals surface area contributed by atoms with Crippen molar-refractivity contribution in [3.05, 3.63) is 52.3 Å². The number of fused-ring (bicyclic) bond motifs is 2. The molecule has 154 valence electrons. The van der Waals surface area contributed by atoms with Crippen molar-refractivity contribution in [2.24, 2.45) is 0 Å². The van der Waals surface area contributed by atoms with Gasteiger partial charge < -0.3 is 14.4 Å². The first-order valence-corrected chi connectivity index (χ1v) is 10.7. The van der Waals surface area contributed by atoms with E-state index in [4.69, 9.17) is 19.4 Å². The van der Waals surface area contributed by atoms with E-state index in [1.54, 1.807) is 0 Å². The molecule has 3 aliphatic rings. The molecule has 1 aromatic heterocycles. The molecule has 0 bridgehead atoms. The summed E-state index contributed by atoms with van der Waals surface area (Å²) in [4.78, 5) is 14.8. The third-order valence-electron chi connectivity index (χ3n) is 6.71. The van der Waals surface area contributed by atoms with Crippen LogP contribution in [0.15, 0.2) is 24.3 Å². The van der Waals surface area contributed by atoms with Gasteiger partial charge in [0.2, 0.25) is 5.95 Å². The van der Waals surface area contributed by atoms with Crippen molar-refractivity contribution < 1.29 is 9.47 Å². The summed E-state index contributed by atoms with van der Waals surface area (Å²) in [7, 11) is 0. The Morgan fingerprint density at radius 3 is 2.69 bits per heavy atom. The number of hydrogen-bond acceptors (Lipinski definition) is 6. The van der Waals surface area contributed by atoms with E-state index < -0.39 is 0 Å². The lowest BCUT2D eigenvalue weighted by atomic mass is 9.80. The molecule has 1 atom stereocenters. The summed E-state index contributed by atoms with van der Waals surface area (Å²) < 4.78 is 11.6. The maximum Gasteiger partial charge on any atom is 0.225 e. The summed E-state index contributed by atoms with van der Waals surface area (Å²) in [5.74, 6) is 0.864. The predicted octanol–water partition coefficient (Wildman–Crippen LogP) is 2.60. The third kappa shape index (κ3) is 3.54. The van der Waals surface area contributed by atoms with Crippen LogP contribution in [-0.2, 0) is 28.0 Å². The monoisotopic (exact) mass is 394 g/mol. The van der Waals surface area contributed by atoms with Gasteiger partial charge in [-0.05, 0) is 37.9 Å². The van der Waals surface area contributed by atoms with E-state index >= 15 is 0 Å². The van der Waals surface area contributed by atoms with E-state index in [2.05, 4.69) is 47.9 Å². The van der Waals surface area contributed by atoms with Crippen LogP contribution in [0.5, 0.6) is 0 Å². The molecule has 1 spiro atoms. The Hall–Kier alpha value is -2.02. The molecular weight excluding hydrogens is 364 g/mol. The van der Waals surface area contributed by atoms with Crippen molar-refractivity contribution in [3.63, 3.8) is 0 Å². The van der Waals surface area contributed by atoms with Crippen molar-refractivity contribution in [1.82, 2.24) is 14.9 Å². The van der Waals surface area contributed by atoms with Gasteiger partial charge in [-0.15, -0.1) is 0 Å². The van der Waals surface area contributed by atoms with Crippen LogP contribution < -0.4 is 4.90 Å². The quantitative estimate of drug-likeness (QED) is 0.798. The summed E-state index contributed by atoms with van der Waals surface area (Å²) >= 11 is 0. The Morgan fingerprint density at radius 1 is 1.03 bits per heavy atom. The van der Waals surface area contributed by atoms with Gasteiger partial charge in [-0.25, -0.2) is 9.97 Å². The lowest BCUT2D eigenvalue weighted by Gasteiger charge is -2.36. The minimum Gasteiger partial charge on any atom is -0.378 e. The molecule has 2 aromatic rings. The fourth-order valence-corrected chi connectivity index (χ4v) is 4.95. The zero-order valence-corrected chi connectivity index (χ0v) is 17.5. The number of aromatic nitrogens is 2. The maximum absolute atomic E-state index is 6.08. The Balaban J connectivity index is 1.44. The van der Waals surface area contributed by atoms with E-state index in [-0.39, 0.29) is 5.41 Å². The van der Waals surface area contributed by atoms with Crippen LogP contribution in [0, 0.1) is 13.8 Å². The molecule has 0 radical (unpaired) electrons. The van der Waals surface area contributed by atoms with Crippen molar-refractivity contribution in [2.45, 2.75) is 38.8 Å². The molecule has 5 rings (SSSR count). The Kier molecular flexibility index (Phi) is 5.02. The van der Waals surface area contributed by atoms with Crippen LogP contribution in [-0.4, -0.2) is 60.9 Å². The molecule has 6 nitrogen and oxygen atoms in total. The van der Waals surface area contributed by atoms with Crippen molar-refractivity contribution in [1.29, 1.82) is 0 Å². The standard InChI is InChI=1S/C23H30N4O2/c1-17-5-3-4-6-19(17)13-26-8-7-23(15-26)16-29-14-20-18(2)24-22(25-21(20)23)27-9-11-28-12-10-27/h3-6H,7-16H2,1-2H3. The number of benzene rings is 1. The predicted molar refractivity (Wildman–Crippen MR) is 112 cm³/mol. The van der Waals surface area contributed by atoms with Crippen LogP contribution in [0.25, 0.3) is 0 Å². The molecule has 0 amide bonds. The van der Waals surface area contributed by atoms with Crippen LogP contribution in [0.3, 0.4) is 0 Å². The lowest BCUT2D eigenvalue weighted by molar-refractivity contribution is 0.0497. The van der Waals surface area contributed by atoms with Crippen molar-refractivity contribution in [3.8, 4) is 0 Å². The highest BCUT2D eigenvalue weighted by molar-refractivity contribution is 5.42. The number of ether oxygens (including phenoxy) is 2. The molecule has 2 saturated heterocycles. The first-order chi connectivity index (χ1) is 14.1. The molecule has 3 aliphatic heterocycles. The summed E-state index contributed by atoms with van der Waals surface area (Å²) in [6, 6.07) is 8.70. The van der Waals surface area contributed by atoms with Crippen LogP contribution in [0.2, 0.25) is 0 Å². The molecule has 29 heavy (non-hydrogen) atoms. The molecule has 0 N–H and O–H groups in total. The molecule has 0 aliphatic carbocycles. The highest BCUT2D eigenvalue weighted by atomic mass is 16.5. The number of nitrogens with zero attached hydrogens (tertiary/aromatic N) is 4. The Bertz CT molecular complexity index is 896. The first kappa shape index (κ1) is 19.0. The number of aryl methyl sites for hydroxylation is 2. The van der Waals surface area contributed by atoms with Crippen LogP contribution in [0.4, 0.5) is 5.95 Å². The summed E-state index contributed by atoms with van der Waals surface area (Å²) in [5, 5.41) is 0. The number of hydrogen-bond donors (Lipinski definition) is 0. The number of likely N-dealkylation sites (tertiary alicyclic amines) is 1. The lowest BCUT2D eigenvalue weighted by Crippen LogP contribution is -2.42. The van der Waals surface area contributed by atoms with Crippen LogP contribution in [0.1, 0.15) is 34.5 Å². The van der Waals surface area contributed by atoms with E-state index in [0.717, 1.165) is 70.6 Å². The molecule has 1 unspecified atom stereocenters. The van der Waals surface area contributed by atoms with Crippen LogP contribution >= 0.6 is 0 Å². The second kappa shape index (κ2) is 7.67. The van der Waals surface area contributed by atoms with Gasteiger partial charge in [0.1, 0.15) is 0 Å².